The van der Waals surface area contributed by atoms with E-state index in [0.717, 1.165) is 36.0 Å². The summed E-state index contributed by atoms with van der Waals surface area (Å²) >= 11 is 0. The summed E-state index contributed by atoms with van der Waals surface area (Å²) in [4.78, 5) is 11.7. The molecule has 0 radical (unpaired) electrons. The smallest absolute Gasteiger partial charge is 0.229 e. The van der Waals surface area contributed by atoms with Crippen molar-refractivity contribution in [2.45, 2.75) is 51.4 Å². The van der Waals surface area contributed by atoms with Gasteiger partial charge < -0.3 is 15.5 Å². The van der Waals surface area contributed by atoms with Crippen molar-refractivity contribution in [3.05, 3.63) is 53.3 Å². The molecule has 2 aliphatic rings. The molecule has 1 saturated heterocycles. The highest BCUT2D eigenvalue weighted by molar-refractivity contribution is 5.58. The van der Waals surface area contributed by atoms with Gasteiger partial charge in [-0.05, 0) is 69.8 Å². The highest BCUT2D eigenvalue weighted by Crippen LogP contribution is 2.39. The maximum absolute atomic E-state index is 4.62. The number of aryl methyl sites for hydroxylation is 1. The number of piperidine rings is 1. The Hall–Kier alpha value is -2.93. The molecule has 1 aliphatic carbocycles. The van der Waals surface area contributed by atoms with Gasteiger partial charge >= 0.3 is 0 Å². The largest absolute Gasteiger partial charge is 0.324 e. The molecular weight excluding hydrogens is 386 g/mol. The summed E-state index contributed by atoms with van der Waals surface area (Å²) in [6.07, 6.45) is 7.68. The number of nitrogens with zero attached hydrogens (tertiary/aromatic N) is 4. The third-order valence-corrected chi connectivity index (χ3v) is 6.10. The lowest BCUT2D eigenvalue weighted by atomic mass is 10.1. The van der Waals surface area contributed by atoms with E-state index in [9.17, 15) is 0 Å². The van der Waals surface area contributed by atoms with Gasteiger partial charge in [0.25, 0.3) is 0 Å². The van der Waals surface area contributed by atoms with Crippen molar-refractivity contribution in [1.82, 2.24) is 25.1 Å². The summed E-state index contributed by atoms with van der Waals surface area (Å²) in [6.45, 7) is 5.63. The Morgan fingerprint density at radius 1 is 0.968 bits per heavy atom. The fraction of sp³-hybridized carbons (Fsp3) is 0.458. The van der Waals surface area contributed by atoms with Crippen LogP contribution in [0.4, 0.5) is 23.3 Å². The molecule has 1 aromatic carbocycles. The first-order valence-corrected chi connectivity index (χ1v) is 11.5. The van der Waals surface area contributed by atoms with Crippen molar-refractivity contribution >= 4 is 23.3 Å². The van der Waals surface area contributed by atoms with Gasteiger partial charge in [0.05, 0.1) is 0 Å². The SMILES string of the molecule is Cc1cc(Nc2cc(C3CC3)[nH]n2)nc(Nc2ccc(CCN3CCCCC3)cc2)n1. The van der Waals surface area contributed by atoms with Crippen LogP contribution in [0.1, 0.15) is 55.0 Å². The minimum atomic E-state index is 0.585. The van der Waals surface area contributed by atoms with E-state index in [4.69, 9.17) is 0 Å². The molecule has 1 aliphatic heterocycles. The molecule has 1 saturated carbocycles. The van der Waals surface area contributed by atoms with Gasteiger partial charge in [-0.1, -0.05) is 18.6 Å². The Balaban J connectivity index is 1.19. The predicted molar refractivity (Wildman–Crippen MR) is 124 cm³/mol. The van der Waals surface area contributed by atoms with Crippen molar-refractivity contribution in [2.75, 3.05) is 30.3 Å². The van der Waals surface area contributed by atoms with Gasteiger partial charge in [-0.2, -0.15) is 10.1 Å². The topological polar surface area (TPSA) is 81.8 Å². The molecule has 0 unspecified atom stereocenters. The van der Waals surface area contributed by atoms with Crippen LogP contribution >= 0.6 is 0 Å². The monoisotopic (exact) mass is 417 g/mol. The number of rotatable bonds is 8. The summed E-state index contributed by atoms with van der Waals surface area (Å²) in [6, 6.07) is 12.6. The zero-order chi connectivity index (χ0) is 21.0. The molecule has 3 aromatic rings. The number of nitrogens with one attached hydrogen (secondary N) is 3. The van der Waals surface area contributed by atoms with E-state index < -0.39 is 0 Å². The molecule has 0 bridgehead atoms. The molecule has 0 amide bonds. The first kappa shape index (κ1) is 20.0. The summed E-state index contributed by atoms with van der Waals surface area (Å²) in [5.74, 6) is 2.77. The zero-order valence-corrected chi connectivity index (χ0v) is 18.2. The molecule has 2 fully saturated rings. The van der Waals surface area contributed by atoms with Crippen LogP contribution in [0.25, 0.3) is 0 Å². The van der Waals surface area contributed by atoms with Crippen molar-refractivity contribution < 1.29 is 0 Å². The van der Waals surface area contributed by atoms with Crippen LogP contribution in [0.3, 0.4) is 0 Å². The molecule has 7 nitrogen and oxygen atoms in total. The fourth-order valence-corrected chi connectivity index (χ4v) is 4.18. The number of anilines is 4. The van der Waals surface area contributed by atoms with Crippen LogP contribution in [0.2, 0.25) is 0 Å². The van der Waals surface area contributed by atoms with E-state index in [1.165, 1.54) is 56.5 Å². The number of aromatic amines is 1. The number of aromatic nitrogens is 4. The van der Waals surface area contributed by atoms with Crippen LogP contribution in [-0.2, 0) is 6.42 Å². The standard InChI is InChI=1S/C24H31N7/c1-17-15-22(27-23-16-21(29-30-23)19-7-8-19)28-24(25-17)26-20-9-5-18(6-10-20)11-14-31-12-3-2-4-13-31/h5-6,9-10,15-16,19H,2-4,7-8,11-14H2,1H3,(H3,25,26,27,28,29,30). The van der Waals surface area contributed by atoms with E-state index in [2.05, 4.69) is 66.0 Å². The molecule has 162 valence electrons. The van der Waals surface area contributed by atoms with Gasteiger partial charge in [-0.25, -0.2) is 4.98 Å². The van der Waals surface area contributed by atoms with Gasteiger partial charge in [0, 0.05) is 41.7 Å². The van der Waals surface area contributed by atoms with Crippen molar-refractivity contribution in [2.24, 2.45) is 0 Å². The molecule has 0 spiro atoms. The number of hydrogen-bond donors (Lipinski definition) is 3. The Labute approximate surface area is 183 Å². The van der Waals surface area contributed by atoms with Crippen LogP contribution in [0.5, 0.6) is 0 Å². The van der Waals surface area contributed by atoms with Gasteiger partial charge in [0.1, 0.15) is 5.82 Å². The molecule has 3 N–H and O–H groups in total. The van der Waals surface area contributed by atoms with E-state index in [1.807, 2.05) is 13.0 Å². The molecule has 2 aromatic heterocycles. The molecule has 7 heteroatoms. The normalized spacial score (nSPS) is 16.9. The lowest BCUT2D eigenvalue weighted by molar-refractivity contribution is 0.231. The molecule has 0 atom stereocenters. The predicted octanol–water partition coefficient (Wildman–Crippen LogP) is 4.90. The second-order valence-corrected chi connectivity index (χ2v) is 8.80. The minimum Gasteiger partial charge on any atom is -0.324 e. The summed E-state index contributed by atoms with van der Waals surface area (Å²) in [5.41, 5.74) is 4.46. The van der Waals surface area contributed by atoms with Crippen LogP contribution in [-0.4, -0.2) is 44.7 Å². The Bertz CT molecular complexity index is 1000. The maximum atomic E-state index is 4.62. The highest BCUT2D eigenvalue weighted by Gasteiger charge is 2.25. The number of hydrogen-bond acceptors (Lipinski definition) is 6. The lowest BCUT2D eigenvalue weighted by Crippen LogP contribution is -2.31. The van der Waals surface area contributed by atoms with Gasteiger partial charge in [-0.3, -0.25) is 5.10 Å². The maximum Gasteiger partial charge on any atom is 0.229 e. The van der Waals surface area contributed by atoms with Crippen molar-refractivity contribution in [3.63, 3.8) is 0 Å². The summed E-state index contributed by atoms with van der Waals surface area (Å²) in [7, 11) is 0. The Morgan fingerprint density at radius 2 is 1.77 bits per heavy atom. The lowest BCUT2D eigenvalue weighted by Gasteiger charge is -2.26. The molecular formula is C24H31N7. The third-order valence-electron chi connectivity index (χ3n) is 6.10. The second-order valence-electron chi connectivity index (χ2n) is 8.80. The Morgan fingerprint density at radius 3 is 2.55 bits per heavy atom. The average molecular weight is 418 g/mol. The average Bonchev–Trinajstić information content (AvgIpc) is 3.53. The van der Waals surface area contributed by atoms with E-state index in [0.29, 0.717) is 11.9 Å². The van der Waals surface area contributed by atoms with E-state index in [-0.39, 0.29) is 0 Å². The van der Waals surface area contributed by atoms with Gasteiger partial charge in [0.2, 0.25) is 5.95 Å². The number of benzene rings is 1. The number of likely N-dealkylation sites (tertiary alicyclic amines) is 1. The van der Waals surface area contributed by atoms with Crippen LogP contribution < -0.4 is 10.6 Å². The fourth-order valence-electron chi connectivity index (χ4n) is 4.18. The molecule has 31 heavy (non-hydrogen) atoms. The van der Waals surface area contributed by atoms with Crippen molar-refractivity contribution in [1.29, 1.82) is 0 Å². The number of H-pyrrole nitrogens is 1. The van der Waals surface area contributed by atoms with Crippen LogP contribution in [0, 0.1) is 6.92 Å². The Kier molecular flexibility index (Phi) is 5.84. The van der Waals surface area contributed by atoms with E-state index >= 15 is 0 Å². The first-order valence-electron chi connectivity index (χ1n) is 11.5. The highest BCUT2D eigenvalue weighted by atomic mass is 15.2. The second kappa shape index (κ2) is 9.06. The van der Waals surface area contributed by atoms with E-state index in [1.54, 1.807) is 0 Å². The summed E-state index contributed by atoms with van der Waals surface area (Å²) in [5, 5.41) is 14.1. The quantitative estimate of drug-likeness (QED) is 0.484. The molecule has 3 heterocycles. The van der Waals surface area contributed by atoms with Gasteiger partial charge in [0.15, 0.2) is 5.82 Å². The third kappa shape index (κ3) is 5.41. The molecule has 5 rings (SSSR count). The van der Waals surface area contributed by atoms with Crippen molar-refractivity contribution in [3.8, 4) is 0 Å². The van der Waals surface area contributed by atoms with Crippen LogP contribution in [0.15, 0.2) is 36.4 Å². The zero-order valence-electron chi connectivity index (χ0n) is 18.2. The first-order chi connectivity index (χ1) is 15.2. The summed E-state index contributed by atoms with van der Waals surface area (Å²) < 4.78 is 0. The van der Waals surface area contributed by atoms with Gasteiger partial charge in [-0.15, -0.1) is 0 Å². The minimum absolute atomic E-state index is 0.585.